The number of amides is 2. The second-order valence-electron chi connectivity index (χ2n) is 6.82. The number of fused-ring (bicyclic) bond motifs is 1. The van der Waals surface area contributed by atoms with Crippen LogP contribution >= 0.6 is 0 Å². The molecule has 0 fully saturated rings. The van der Waals surface area contributed by atoms with Gasteiger partial charge < -0.3 is 15.0 Å². The van der Waals surface area contributed by atoms with Crippen molar-refractivity contribution < 1.29 is 14.3 Å². The van der Waals surface area contributed by atoms with Gasteiger partial charge in [-0.3, -0.25) is 9.59 Å². The molecule has 5 nitrogen and oxygen atoms in total. The summed E-state index contributed by atoms with van der Waals surface area (Å²) in [6.45, 7) is 6.48. The molecule has 2 aromatic rings. The van der Waals surface area contributed by atoms with Crippen LogP contribution in [0.1, 0.15) is 37.8 Å². The van der Waals surface area contributed by atoms with Crippen LogP contribution in [-0.2, 0) is 16.0 Å². The van der Waals surface area contributed by atoms with Crippen molar-refractivity contribution in [3.63, 3.8) is 0 Å². The summed E-state index contributed by atoms with van der Waals surface area (Å²) < 4.78 is 5.55. The third-order valence-corrected chi connectivity index (χ3v) is 4.56. The summed E-state index contributed by atoms with van der Waals surface area (Å²) >= 11 is 0. The molecule has 5 heteroatoms. The highest BCUT2D eigenvalue weighted by Crippen LogP contribution is 2.30. The minimum atomic E-state index is -0.209. The van der Waals surface area contributed by atoms with E-state index in [1.807, 2.05) is 42.5 Å². The number of nitrogens with one attached hydrogen (secondary N) is 1. The van der Waals surface area contributed by atoms with E-state index < -0.39 is 0 Å². The molecule has 0 aliphatic carbocycles. The van der Waals surface area contributed by atoms with Crippen molar-refractivity contribution in [2.45, 2.75) is 33.1 Å². The highest BCUT2D eigenvalue weighted by atomic mass is 16.5. The zero-order valence-corrected chi connectivity index (χ0v) is 15.4. The predicted molar refractivity (Wildman–Crippen MR) is 103 cm³/mol. The molecule has 1 aliphatic heterocycles. The summed E-state index contributed by atoms with van der Waals surface area (Å²) in [5, 5.41) is 2.85. The van der Waals surface area contributed by atoms with Gasteiger partial charge in [-0.25, -0.2) is 0 Å². The fraction of sp³-hybridized carbons (Fsp3) is 0.333. The maximum Gasteiger partial charge on any atom is 0.262 e. The van der Waals surface area contributed by atoms with Crippen molar-refractivity contribution in [3.05, 3.63) is 53.6 Å². The van der Waals surface area contributed by atoms with Crippen molar-refractivity contribution in [1.29, 1.82) is 0 Å². The van der Waals surface area contributed by atoms with Crippen molar-refractivity contribution in [1.82, 2.24) is 0 Å². The van der Waals surface area contributed by atoms with Crippen LogP contribution in [0.2, 0.25) is 0 Å². The maximum atomic E-state index is 12.1. The smallest absolute Gasteiger partial charge is 0.262 e. The number of benzene rings is 2. The minimum absolute atomic E-state index is 0.0393. The van der Waals surface area contributed by atoms with Gasteiger partial charge in [0.2, 0.25) is 5.91 Å². The lowest BCUT2D eigenvalue weighted by Crippen LogP contribution is -2.25. The molecule has 136 valence electrons. The fourth-order valence-corrected chi connectivity index (χ4v) is 3.10. The fourth-order valence-electron chi connectivity index (χ4n) is 3.10. The summed E-state index contributed by atoms with van der Waals surface area (Å²) in [4.78, 5) is 25.5. The van der Waals surface area contributed by atoms with E-state index in [-0.39, 0.29) is 18.4 Å². The molecular weight excluding hydrogens is 328 g/mol. The van der Waals surface area contributed by atoms with E-state index >= 15 is 0 Å². The number of carbonyl (C=O) groups excluding carboxylic acids is 2. The van der Waals surface area contributed by atoms with Crippen molar-refractivity contribution in [2.24, 2.45) is 0 Å². The summed E-state index contributed by atoms with van der Waals surface area (Å²) in [5.74, 6) is 0.971. The number of ether oxygens (including phenoxy) is 1. The van der Waals surface area contributed by atoms with Crippen LogP contribution in [0.5, 0.6) is 5.75 Å². The first kappa shape index (κ1) is 18.0. The summed E-state index contributed by atoms with van der Waals surface area (Å²) in [6, 6.07) is 13.4. The summed E-state index contributed by atoms with van der Waals surface area (Å²) in [7, 11) is 0. The standard InChI is InChI=1S/C21H24N2O3/c1-14(2)16-4-7-19(8-5-16)26-13-21(25)22-18-6-9-20-17(12-18)10-11-23(20)15(3)24/h4-9,12,14H,10-11,13H2,1-3H3,(H,22,25). The Hall–Kier alpha value is -2.82. The normalized spacial score (nSPS) is 12.8. The van der Waals surface area contributed by atoms with Crippen LogP contribution in [0.3, 0.4) is 0 Å². The largest absolute Gasteiger partial charge is 0.484 e. The van der Waals surface area contributed by atoms with E-state index in [9.17, 15) is 9.59 Å². The number of anilines is 2. The predicted octanol–water partition coefficient (Wildman–Crippen LogP) is 3.74. The lowest BCUT2D eigenvalue weighted by molar-refractivity contribution is -0.118. The lowest BCUT2D eigenvalue weighted by atomic mass is 10.0. The first-order valence-corrected chi connectivity index (χ1v) is 8.87. The third kappa shape index (κ3) is 4.04. The van der Waals surface area contributed by atoms with E-state index in [1.165, 1.54) is 5.56 Å². The van der Waals surface area contributed by atoms with Crippen molar-refractivity contribution >= 4 is 23.2 Å². The van der Waals surface area contributed by atoms with Gasteiger partial charge >= 0.3 is 0 Å². The average Bonchev–Trinajstić information content (AvgIpc) is 3.03. The van der Waals surface area contributed by atoms with E-state index in [2.05, 4.69) is 19.2 Å². The molecule has 1 N–H and O–H groups in total. The Labute approximate surface area is 154 Å². The number of hydrogen-bond acceptors (Lipinski definition) is 3. The van der Waals surface area contributed by atoms with Gasteiger partial charge in [-0.15, -0.1) is 0 Å². The first-order chi connectivity index (χ1) is 12.4. The second kappa shape index (κ2) is 7.60. The molecule has 3 rings (SSSR count). The monoisotopic (exact) mass is 352 g/mol. The second-order valence-corrected chi connectivity index (χ2v) is 6.82. The van der Waals surface area contributed by atoms with E-state index in [4.69, 9.17) is 4.74 Å². The minimum Gasteiger partial charge on any atom is -0.484 e. The van der Waals surface area contributed by atoms with Gasteiger partial charge in [0.25, 0.3) is 5.91 Å². The van der Waals surface area contributed by atoms with E-state index in [0.717, 1.165) is 23.4 Å². The molecule has 0 saturated heterocycles. The van der Waals surface area contributed by atoms with Gasteiger partial charge in [-0.05, 0) is 53.8 Å². The topological polar surface area (TPSA) is 58.6 Å². The van der Waals surface area contributed by atoms with Gasteiger partial charge in [0.15, 0.2) is 6.61 Å². The Morgan fingerprint density at radius 2 is 1.88 bits per heavy atom. The zero-order chi connectivity index (χ0) is 18.7. The Bertz CT molecular complexity index is 813. The molecular formula is C21H24N2O3. The van der Waals surface area contributed by atoms with Crippen LogP contribution in [-0.4, -0.2) is 25.0 Å². The molecule has 0 unspecified atom stereocenters. The Balaban J connectivity index is 1.56. The highest BCUT2D eigenvalue weighted by molar-refractivity contribution is 5.95. The quantitative estimate of drug-likeness (QED) is 0.892. The van der Waals surface area contributed by atoms with Crippen LogP contribution < -0.4 is 15.0 Å². The van der Waals surface area contributed by atoms with Gasteiger partial charge in [0.05, 0.1) is 0 Å². The van der Waals surface area contributed by atoms with Crippen LogP contribution in [0.15, 0.2) is 42.5 Å². The van der Waals surface area contributed by atoms with E-state index in [1.54, 1.807) is 11.8 Å². The molecule has 0 atom stereocenters. The molecule has 0 saturated carbocycles. The zero-order valence-electron chi connectivity index (χ0n) is 15.4. The summed E-state index contributed by atoms with van der Waals surface area (Å²) in [6.07, 6.45) is 0.803. The van der Waals surface area contributed by atoms with Gasteiger partial charge in [0, 0.05) is 24.8 Å². The molecule has 0 radical (unpaired) electrons. The van der Waals surface area contributed by atoms with E-state index in [0.29, 0.717) is 18.2 Å². The number of hydrogen-bond donors (Lipinski definition) is 1. The number of carbonyl (C=O) groups is 2. The average molecular weight is 352 g/mol. The molecule has 1 heterocycles. The highest BCUT2D eigenvalue weighted by Gasteiger charge is 2.22. The lowest BCUT2D eigenvalue weighted by Gasteiger charge is -2.15. The SMILES string of the molecule is CC(=O)N1CCc2cc(NC(=O)COc3ccc(C(C)C)cc3)ccc21. The molecule has 2 amide bonds. The molecule has 0 spiro atoms. The molecule has 2 aromatic carbocycles. The molecule has 26 heavy (non-hydrogen) atoms. The van der Waals surface area contributed by atoms with Crippen LogP contribution in [0.4, 0.5) is 11.4 Å². The Kier molecular flexibility index (Phi) is 5.26. The Morgan fingerprint density at radius 3 is 2.54 bits per heavy atom. The Morgan fingerprint density at radius 1 is 1.15 bits per heavy atom. The van der Waals surface area contributed by atoms with Gasteiger partial charge in [0.1, 0.15) is 5.75 Å². The van der Waals surface area contributed by atoms with Crippen molar-refractivity contribution in [2.75, 3.05) is 23.4 Å². The molecule has 0 bridgehead atoms. The number of nitrogens with zero attached hydrogens (tertiary/aromatic N) is 1. The first-order valence-electron chi connectivity index (χ1n) is 8.87. The van der Waals surface area contributed by atoms with Gasteiger partial charge in [-0.1, -0.05) is 26.0 Å². The summed E-state index contributed by atoms with van der Waals surface area (Å²) in [5.41, 5.74) is 3.96. The van der Waals surface area contributed by atoms with Crippen LogP contribution in [0, 0.1) is 0 Å². The van der Waals surface area contributed by atoms with Crippen LogP contribution in [0.25, 0.3) is 0 Å². The number of rotatable bonds is 5. The maximum absolute atomic E-state index is 12.1. The van der Waals surface area contributed by atoms with Gasteiger partial charge in [-0.2, -0.15) is 0 Å². The third-order valence-electron chi connectivity index (χ3n) is 4.56. The molecule has 0 aromatic heterocycles. The molecule has 1 aliphatic rings. The van der Waals surface area contributed by atoms with Crippen molar-refractivity contribution in [3.8, 4) is 5.75 Å².